The maximum Gasteiger partial charge on any atom is 0.408 e. The molecule has 3 N–H and O–H groups in total. The van der Waals surface area contributed by atoms with E-state index in [1.54, 1.807) is 0 Å². The Morgan fingerprint density at radius 1 is 1.14 bits per heavy atom. The molecule has 2 aromatic carbocycles. The number of carbonyl (C=O) groups is 2. The summed E-state index contributed by atoms with van der Waals surface area (Å²) in [6.07, 6.45) is 2.32. The van der Waals surface area contributed by atoms with E-state index in [9.17, 15) is 14.7 Å². The average Bonchev–Trinajstić information content (AvgIpc) is 3.33. The van der Waals surface area contributed by atoms with E-state index in [1.807, 2.05) is 30.3 Å². The molecule has 6 nitrogen and oxygen atoms in total. The smallest absolute Gasteiger partial charge is 0.408 e. The van der Waals surface area contributed by atoms with E-state index >= 15 is 0 Å². The van der Waals surface area contributed by atoms with Crippen molar-refractivity contribution in [3.8, 4) is 11.1 Å². The zero-order chi connectivity index (χ0) is 19.5. The SMILES string of the molecule is O=C(NC(CC1=CCNC1)C(=O)O)OCc1cccc2c1Cc1ccccc1-2. The highest BCUT2D eigenvalue weighted by molar-refractivity contribution is 5.80. The molecule has 6 heteroatoms. The zero-order valence-electron chi connectivity index (χ0n) is 15.4. The number of hydrogen-bond donors (Lipinski definition) is 3. The number of carbonyl (C=O) groups excluding carboxylic acids is 1. The molecule has 28 heavy (non-hydrogen) atoms. The van der Waals surface area contributed by atoms with Gasteiger partial charge in [0.25, 0.3) is 0 Å². The van der Waals surface area contributed by atoms with E-state index in [2.05, 4.69) is 28.8 Å². The summed E-state index contributed by atoms with van der Waals surface area (Å²) >= 11 is 0. The molecule has 144 valence electrons. The molecule has 0 bridgehead atoms. The fourth-order valence-electron chi connectivity index (χ4n) is 3.83. The molecular weight excluding hydrogens is 356 g/mol. The number of ether oxygens (including phenoxy) is 1. The first-order valence-corrected chi connectivity index (χ1v) is 9.35. The molecule has 1 unspecified atom stereocenters. The maximum atomic E-state index is 12.2. The Kier molecular flexibility index (Phi) is 5.12. The van der Waals surface area contributed by atoms with Crippen molar-refractivity contribution in [3.63, 3.8) is 0 Å². The normalized spacial score (nSPS) is 15.4. The van der Waals surface area contributed by atoms with Gasteiger partial charge in [0, 0.05) is 19.5 Å². The van der Waals surface area contributed by atoms with Crippen LogP contribution >= 0.6 is 0 Å². The van der Waals surface area contributed by atoms with Gasteiger partial charge in [-0.25, -0.2) is 9.59 Å². The highest BCUT2D eigenvalue weighted by Gasteiger charge is 2.24. The Hall–Kier alpha value is -3.12. The number of amides is 1. The minimum Gasteiger partial charge on any atom is -0.480 e. The minimum absolute atomic E-state index is 0.111. The predicted molar refractivity (Wildman–Crippen MR) is 105 cm³/mol. The van der Waals surface area contributed by atoms with Gasteiger partial charge in [-0.05, 0) is 34.2 Å². The Labute approximate surface area is 163 Å². The van der Waals surface area contributed by atoms with Crippen molar-refractivity contribution in [1.29, 1.82) is 0 Å². The van der Waals surface area contributed by atoms with Crippen molar-refractivity contribution in [2.75, 3.05) is 13.1 Å². The highest BCUT2D eigenvalue weighted by atomic mass is 16.5. The van der Waals surface area contributed by atoms with Gasteiger partial charge in [0.1, 0.15) is 12.6 Å². The zero-order valence-corrected chi connectivity index (χ0v) is 15.4. The number of nitrogens with one attached hydrogen (secondary N) is 2. The van der Waals surface area contributed by atoms with E-state index in [4.69, 9.17) is 4.74 Å². The average molecular weight is 378 g/mol. The summed E-state index contributed by atoms with van der Waals surface area (Å²) in [5.74, 6) is -1.07. The van der Waals surface area contributed by atoms with Crippen LogP contribution in [0.4, 0.5) is 4.79 Å². The number of hydrogen-bond acceptors (Lipinski definition) is 4. The number of carboxylic acids is 1. The Morgan fingerprint density at radius 3 is 2.75 bits per heavy atom. The van der Waals surface area contributed by atoms with Crippen LogP contribution in [0.1, 0.15) is 23.1 Å². The van der Waals surface area contributed by atoms with Crippen molar-refractivity contribution in [2.24, 2.45) is 0 Å². The van der Waals surface area contributed by atoms with Gasteiger partial charge in [-0.1, -0.05) is 54.1 Å². The van der Waals surface area contributed by atoms with Gasteiger partial charge in [-0.2, -0.15) is 0 Å². The van der Waals surface area contributed by atoms with Crippen molar-refractivity contribution in [2.45, 2.75) is 25.5 Å². The lowest BCUT2D eigenvalue weighted by Gasteiger charge is -2.16. The highest BCUT2D eigenvalue weighted by Crippen LogP contribution is 2.38. The van der Waals surface area contributed by atoms with E-state index in [0.29, 0.717) is 6.54 Å². The summed E-state index contributed by atoms with van der Waals surface area (Å²) in [6.45, 7) is 1.49. The standard InChI is InChI=1S/C22H22N2O4/c25-21(26)20(10-14-8-9-23-12-14)24-22(27)28-13-16-5-3-7-18-17-6-2-1-4-15(17)11-19(16)18/h1-8,20,23H,9-13H2,(H,24,27)(H,25,26). The summed E-state index contributed by atoms with van der Waals surface area (Å²) < 4.78 is 5.35. The van der Waals surface area contributed by atoms with Crippen molar-refractivity contribution < 1.29 is 19.4 Å². The third-order valence-electron chi connectivity index (χ3n) is 5.25. The molecule has 0 saturated heterocycles. The van der Waals surface area contributed by atoms with Gasteiger partial charge >= 0.3 is 12.1 Å². The third kappa shape index (κ3) is 3.77. The van der Waals surface area contributed by atoms with Crippen molar-refractivity contribution in [3.05, 3.63) is 70.8 Å². The topological polar surface area (TPSA) is 87.7 Å². The fourth-order valence-corrected chi connectivity index (χ4v) is 3.83. The van der Waals surface area contributed by atoms with E-state index in [1.165, 1.54) is 16.7 Å². The van der Waals surface area contributed by atoms with Crippen LogP contribution in [-0.4, -0.2) is 36.3 Å². The van der Waals surface area contributed by atoms with Crippen LogP contribution in [0.3, 0.4) is 0 Å². The predicted octanol–water partition coefficient (Wildman–Crippen LogP) is 2.86. The molecule has 0 saturated carbocycles. The van der Waals surface area contributed by atoms with Crippen LogP contribution < -0.4 is 10.6 Å². The number of aliphatic carboxylic acids is 1. The van der Waals surface area contributed by atoms with Crippen LogP contribution in [0.5, 0.6) is 0 Å². The summed E-state index contributed by atoms with van der Waals surface area (Å²) in [5.41, 5.74) is 6.73. The fraction of sp³-hybridized carbons (Fsp3) is 0.273. The van der Waals surface area contributed by atoms with Gasteiger partial charge in [-0.3, -0.25) is 0 Å². The minimum atomic E-state index is -1.07. The lowest BCUT2D eigenvalue weighted by Crippen LogP contribution is -2.41. The number of carboxylic acid groups (broad SMARTS) is 1. The molecule has 4 rings (SSSR count). The third-order valence-corrected chi connectivity index (χ3v) is 5.25. The van der Waals surface area contributed by atoms with Gasteiger partial charge in [0.15, 0.2) is 0 Å². The molecule has 1 amide bonds. The largest absolute Gasteiger partial charge is 0.480 e. The molecule has 0 aromatic heterocycles. The first-order chi connectivity index (χ1) is 13.6. The quantitative estimate of drug-likeness (QED) is 0.574. The molecule has 1 aliphatic heterocycles. The molecule has 0 radical (unpaired) electrons. The molecule has 0 fully saturated rings. The van der Waals surface area contributed by atoms with Crippen LogP contribution in [0, 0.1) is 0 Å². The van der Waals surface area contributed by atoms with Crippen LogP contribution in [0.25, 0.3) is 11.1 Å². The lowest BCUT2D eigenvalue weighted by atomic mass is 10.0. The van der Waals surface area contributed by atoms with Crippen LogP contribution in [0.15, 0.2) is 54.1 Å². The maximum absolute atomic E-state index is 12.2. The molecule has 1 heterocycles. The molecule has 0 spiro atoms. The summed E-state index contributed by atoms with van der Waals surface area (Å²) in [5, 5.41) is 15.0. The second kappa shape index (κ2) is 7.86. The van der Waals surface area contributed by atoms with Crippen LogP contribution in [0.2, 0.25) is 0 Å². The van der Waals surface area contributed by atoms with Gasteiger partial charge < -0.3 is 20.5 Å². The summed E-state index contributed by atoms with van der Waals surface area (Å²) in [7, 11) is 0. The van der Waals surface area contributed by atoms with Crippen LogP contribution in [-0.2, 0) is 22.6 Å². The number of rotatable bonds is 6. The monoisotopic (exact) mass is 378 g/mol. The number of alkyl carbamates (subject to hydrolysis) is 1. The molecule has 2 aromatic rings. The molecular formula is C22H22N2O4. The van der Waals surface area contributed by atoms with E-state index in [-0.39, 0.29) is 13.0 Å². The number of fused-ring (bicyclic) bond motifs is 3. The molecule has 1 aliphatic carbocycles. The Bertz CT molecular complexity index is 951. The second-order valence-corrected chi connectivity index (χ2v) is 7.09. The Balaban J connectivity index is 1.39. The molecule has 2 aliphatic rings. The van der Waals surface area contributed by atoms with Crippen molar-refractivity contribution >= 4 is 12.1 Å². The van der Waals surface area contributed by atoms with Crippen molar-refractivity contribution in [1.82, 2.24) is 10.6 Å². The first-order valence-electron chi connectivity index (χ1n) is 9.35. The van der Waals surface area contributed by atoms with Gasteiger partial charge in [0.05, 0.1) is 0 Å². The van der Waals surface area contributed by atoms with E-state index < -0.39 is 18.1 Å². The Morgan fingerprint density at radius 2 is 1.96 bits per heavy atom. The number of benzene rings is 2. The van der Waals surface area contributed by atoms with Gasteiger partial charge in [-0.15, -0.1) is 0 Å². The first kappa shape index (κ1) is 18.3. The lowest BCUT2D eigenvalue weighted by molar-refractivity contribution is -0.139. The second-order valence-electron chi connectivity index (χ2n) is 7.09. The molecule has 1 atom stereocenters. The van der Waals surface area contributed by atoms with Gasteiger partial charge in [0.2, 0.25) is 0 Å². The summed E-state index contributed by atoms with van der Waals surface area (Å²) in [4.78, 5) is 23.6. The van der Waals surface area contributed by atoms with E-state index in [0.717, 1.165) is 29.7 Å². The summed E-state index contributed by atoms with van der Waals surface area (Å²) in [6, 6.07) is 13.2.